The normalized spacial score (nSPS) is 16.0. The SMILES string of the molecule is CCCCCCCCCCCCCCCCN1O[C]1c1ccccc1-c1ccccc1. The molecule has 2 aromatic carbocycles. The summed E-state index contributed by atoms with van der Waals surface area (Å²) < 4.78 is 0. The van der Waals surface area contributed by atoms with E-state index >= 15 is 0 Å². The molecule has 2 aromatic rings. The maximum atomic E-state index is 5.83. The van der Waals surface area contributed by atoms with Crippen molar-refractivity contribution in [3.63, 3.8) is 0 Å². The first-order valence-electron chi connectivity index (χ1n) is 12.9. The van der Waals surface area contributed by atoms with E-state index in [0.717, 1.165) is 12.8 Å². The summed E-state index contributed by atoms with van der Waals surface area (Å²) in [6.07, 6.45) is 20.6. The Bertz CT molecular complexity index is 714. The fourth-order valence-electron chi connectivity index (χ4n) is 4.40. The predicted octanol–water partition coefficient (Wildman–Crippen LogP) is 8.92. The van der Waals surface area contributed by atoms with Gasteiger partial charge in [-0.3, -0.25) is 4.84 Å². The molecule has 1 heterocycles. The lowest BCUT2D eigenvalue weighted by Gasteiger charge is -2.06. The third-order valence-electron chi connectivity index (χ3n) is 6.35. The van der Waals surface area contributed by atoms with Gasteiger partial charge < -0.3 is 0 Å². The van der Waals surface area contributed by atoms with Gasteiger partial charge in [-0.2, -0.15) is 0 Å². The zero-order valence-corrected chi connectivity index (χ0v) is 19.7. The molecule has 1 radical (unpaired) electrons. The summed E-state index contributed by atoms with van der Waals surface area (Å²) in [6, 6.07) is 19.1. The molecule has 1 aliphatic heterocycles. The van der Waals surface area contributed by atoms with Crippen molar-refractivity contribution >= 4 is 0 Å². The van der Waals surface area contributed by atoms with E-state index in [1.807, 2.05) is 0 Å². The Hall–Kier alpha value is -1.64. The predicted molar refractivity (Wildman–Crippen MR) is 132 cm³/mol. The minimum Gasteiger partial charge on any atom is -0.261 e. The molecule has 0 spiro atoms. The van der Waals surface area contributed by atoms with E-state index in [9.17, 15) is 0 Å². The number of hydroxylamine groups is 2. The molecule has 169 valence electrons. The van der Waals surface area contributed by atoms with Crippen molar-refractivity contribution in [3.8, 4) is 11.1 Å². The van der Waals surface area contributed by atoms with Gasteiger partial charge in [0, 0.05) is 12.1 Å². The highest BCUT2D eigenvalue weighted by Gasteiger charge is 2.40. The van der Waals surface area contributed by atoms with Gasteiger partial charge in [-0.25, -0.2) is 0 Å². The summed E-state index contributed by atoms with van der Waals surface area (Å²) in [5.74, 6) is 0. The Morgan fingerprint density at radius 2 is 1.03 bits per heavy atom. The monoisotopic (exact) mass is 420 g/mol. The molecule has 3 rings (SSSR count). The molecule has 2 heteroatoms. The minimum atomic E-state index is 1.01. The lowest BCUT2D eigenvalue weighted by atomic mass is 9.99. The lowest BCUT2D eigenvalue weighted by Crippen LogP contribution is -2.02. The van der Waals surface area contributed by atoms with Crippen LogP contribution < -0.4 is 0 Å². The Balaban J connectivity index is 1.20. The van der Waals surface area contributed by atoms with Crippen LogP contribution in [0, 0.1) is 6.23 Å². The second kappa shape index (κ2) is 14.4. The summed E-state index contributed by atoms with van der Waals surface area (Å²) >= 11 is 0. The second-order valence-corrected chi connectivity index (χ2v) is 9.01. The number of unbranched alkanes of at least 4 members (excludes halogenated alkanes) is 13. The van der Waals surface area contributed by atoms with Crippen LogP contribution in [0.3, 0.4) is 0 Å². The first-order chi connectivity index (χ1) is 15.4. The molecule has 0 aliphatic carbocycles. The van der Waals surface area contributed by atoms with Crippen LogP contribution in [-0.2, 0) is 4.84 Å². The van der Waals surface area contributed by atoms with Crippen molar-refractivity contribution in [3.05, 3.63) is 66.4 Å². The van der Waals surface area contributed by atoms with Gasteiger partial charge in [0.25, 0.3) is 0 Å². The van der Waals surface area contributed by atoms with Gasteiger partial charge in [0.05, 0.1) is 0 Å². The number of benzene rings is 2. The van der Waals surface area contributed by atoms with Gasteiger partial charge >= 0.3 is 0 Å². The summed E-state index contributed by atoms with van der Waals surface area (Å²) in [6.45, 7) is 3.30. The molecule has 1 aliphatic rings. The zero-order chi connectivity index (χ0) is 21.6. The first-order valence-corrected chi connectivity index (χ1v) is 12.9. The number of rotatable bonds is 17. The smallest absolute Gasteiger partial charge is 0.241 e. The fraction of sp³-hybridized carbons (Fsp3) is 0.552. The molecule has 2 nitrogen and oxygen atoms in total. The average molecular weight is 421 g/mol. The molecule has 1 saturated heterocycles. The van der Waals surface area contributed by atoms with Gasteiger partial charge in [0.15, 0.2) is 0 Å². The molecular weight excluding hydrogens is 378 g/mol. The maximum absolute atomic E-state index is 5.83. The molecule has 0 N–H and O–H groups in total. The van der Waals surface area contributed by atoms with Crippen molar-refractivity contribution in [1.82, 2.24) is 5.06 Å². The third kappa shape index (κ3) is 8.79. The Kier molecular flexibility index (Phi) is 11.2. The summed E-state index contributed by atoms with van der Waals surface area (Å²) in [5, 5.41) is 2.07. The molecule has 0 saturated carbocycles. The van der Waals surface area contributed by atoms with E-state index < -0.39 is 0 Å². The first kappa shape index (κ1) is 24.0. The summed E-state index contributed by atoms with van der Waals surface area (Å²) in [4.78, 5) is 5.83. The standard InChI is InChI=1S/C29H42NO/c1-2-3-4-5-6-7-8-9-10-11-12-13-14-20-25-30-29(31-30)28-24-19-18-23-27(28)26-21-16-15-17-22-26/h15-19,21-24H,2-14,20,25H2,1H3. The van der Waals surface area contributed by atoms with Gasteiger partial charge in [-0.1, -0.05) is 145 Å². The number of hydrogen-bond acceptors (Lipinski definition) is 2. The van der Waals surface area contributed by atoms with Crippen LogP contribution in [0.25, 0.3) is 11.1 Å². The van der Waals surface area contributed by atoms with Crippen LogP contribution >= 0.6 is 0 Å². The Morgan fingerprint density at radius 3 is 1.61 bits per heavy atom. The Morgan fingerprint density at radius 1 is 0.548 bits per heavy atom. The largest absolute Gasteiger partial charge is 0.261 e. The van der Waals surface area contributed by atoms with Crippen molar-refractivity contribution in [1.29, 1.82) is 0 Å². The Labute approximate surface area is 191 Å². The zero-order valence-electron chi connectivity index (χ0n) is 19.7. The highest BCUT2D eigenvalue weighted by Crippen LogP contribution is 2.40. The van der Waals surface area contributed by atoms with E-state index in [1.165, 1.54) is 107 Å². The van der Waals surface area contributed by atoms with Crippen LogP contribution in [-0.4, -0.2) is 11.6 Å². The quantitative estimate of drug-likeness (QED) is 0.187. The van der Waals surface area contributed by atoms with E-state index in [-0.39, 0.29) is 0 Å². The van der Waals surface area contributed by atoms with Gasteiger partial charge in [0.2, 0.25) is 6.23 Å². The molecule has 0 aromatic heterocycles. The van der Waals surface area contributed by atoms with Gasteiger partial charge in [0.1, 0.15) is 0 Å². The fourth-order valence-corrected chi connectivity index (χ4v) is 4.40. The highest BCUT2D eigenvalue weighted by atomic mass is 16.8. The van der Waals surface area contributed by atoms with Gasteiger partial charge in [-0.15, -0.1) is 5.06 Å². The second-order valence-electron chi connectivity index (χ2n) is 9.01. The van der Waals surface area contributed by atoms with E-state index in [4.69, 9.17) is 4.84 Å². The van der Waals surface area contributed by atoms with E-state index in [1.54, 1.807) is 0 Å². The van der Waals surface area contributed by atoms with Crippen molar-refractivity contribution in [2.24, 2.45) is 0 Å². The maximum Gasteiger partial charge on any atom is 0.241 e. The van der Waals surface area contributed by atoms with Crippen molar-refractivity contribution in [2.75, 3.05) is 6.54 Å². The van der Waals surface area contributed by atoms with Crippen LogP contribution in [0.2, 0.25) is 0 Å². The topological polar surface area (TPSA) is 15.5 Å². The molecular formula is C29H42NO. The van der Waals surface area contributed by atoms with E-state index in [0.29, 0.717) is 0 Å². The molecule has 31 heavy (non-hydrogen) atoms. The number of hydrogen-bond donors (Lipinski definition) is 0. The highest BCUT2D eigenvalue weighted by molar-refractivity contribution is 5.69. The lowest BCUT2D eigenvalue weighted by molar-refractivity contribution is 0.197. The molecule has 0 amide bonds. The number of nitrogens with zero attached hydrogens (tertiary/aromatic N) is 1. The molecule has 1 atom stereocenters. The molecule has 1 fully saturated rings. The van der Waals surface area contributed by atoms with Crippen LogP contribution in [0.4, 0.5) is 0 Å². The van der Waals surface area contributed by atoms with E-state index in [2.05, 4.69) is 66.6 Å². The average Bonchev–Trinajstić information content (AvgIpc) is 3.59. The molecule has 1 unspecified atom stereocenters. The van der Waals surface area contributed by atoms with Crippen LogP contribution in [0.15, 0.2) is 54.6 Å². The summed E-state index contributed by atoms with van der Waals surface area (Å²) in [5.41, 5.74) is 3.71. The van der Waals surface area contributed by atoms with Gasteiger partial charge in [-0.05, 0) is 17.5 Å². The summed E-state index contributed by atoms with van der Waals surface area (Å²) in [7, 11) is 0. The van der Waals surface area contributed by atoms with Crippen molar-refractivity contribution in [2.45, 2.75) is 96.8 Å². The minimum absolute atomic E-state index is 1.01. The van der Waals surface area contributed by atoms with Crippen LogP contribution in [0.1, 0.15) is 102 Å². The van der Waals surface area contributed by atoms with Crippen LogP contribution in [0.5, 0.6) is 0 Å². The van der Waals surface area contributed by atoms with Crippen molar-refractivity contribution < 1.29 is 4.84 Å². The molecule has 0 bridgehead atoms. The third-order valence-corrected chi connectivity index (χ3v) is 6.35.